The zero-order chi connectivity index (χ0) is 24.8. The minimum Gasteiger partial charge on any atom is -0.462 e. The Balaban J connectivity index is 1.65. The van der Waals surface area contributed by atoms with Crippen molar-refractivity contribution in [2.24, 2.45) is 0 Å². The largest absolute Gasteiger partial charge is 0.462 e. The predicted octanol–water partition coefficient (Wildman–Crippen LogP) is 3.53. The molecule has 2 aromatic rings. The number of hydrogen-bond acceptors (Lipinski definition) is 8. The van der Waals surface area contributed by atoms with Gasteiger partial charge >= 0.3 is 17.9 Å². The minimum absolute atomic E-state index is 0.100. The molecule has 2 aromatic carbocycles. The fraction of sp³-hybridized carbons (Fsp3) is 0.308. The van der Waals surface area contributed by atoms with E-state index < -0.39 is 17.9 Å². The Morgan fingerprint density at radius 2 is 1.35 bits per heavy atom. The van der Waals surface area contributed by atoms with Crippen LogP contribution in [0.3, 0.4) is 0 Å². The number of carbonyl (C=O) groups excluding carboxylic acids is 4. The van der Waals surface area contributed by atoms with Crippen LogP contribution in [0, 0.1) is 0 Å². The van der Waals surface area contributed by atoms with Crippen molar-refractivity contribution >= 4 is 23.7 Å². The molecule has 0 atom stereocenters. The molecule has 0 spiro atoms. The lowest BCUT2D eigenvalue weighted by atomic mass is 9.98. The molecule has 0 heterocycles. The topological polar surface area (TPSA) is 105 Å². The van der Waals surface area contributed by atoms with Crippen molar-refractivity contribution < 1.29 is 38.1 Å². The van der Waals surface area contributed by atoms with Gasteiger partial charge in [0, 0.05) is 29.7 Å². The molecule has 0 saturated heterocycles. The summed E-state index contributed by atoms with van der Waals surface area (Å²) in [6.07, 6.45) is 0.565. The van der Waals surface area contributed by atoms with Gasteiger partial charge in [0.05, 0.1) is 12.2 Å². The lowest BCUT2D eigenvalue weighted by molar-refractivity contribution is -0.145. The highest BCUT2D eigenvalue weighted by molar-refractivity contribution is 6.14. The number of ether oxygens (including phenoxy) is 4. The van der Waals surface area contributed by atoms with Gasteiger partial charge in [-0.25, -0.2) is 9.59 Å². The maximum Gasteiger partial charge on any atom is 0.339 e. The normalized spacial score (nSPS) is 10.3. The van der Waals surface area contributed by atoms with Gasteiger partial charge in [-0.3, -0.25) is 9.59 Å². The molecule has 0 unspecified atom stereocenters. The predicted molar refractivity (Wildman–Crippen MR) is 123 cm³/mol. The summed E-state index contributed by atoms with van der Waals surface area (Å²) in [6.45, 7) is 5.43. The van der Waals surface area contributed by atoms with E-state index in [9.17, 15) is 19.2 Å². The number of benzene rings is 2. The van der Waals surface area contributed by atoms with Crippen molar-refractivity contribution in [3.8, 4) is 0 Å². The van der Waals surface area contributed by atoms with E-state index in [0.29, 0.717) is 24.2 Å². The molecule has 0 saturated carbocycles. The summed E-state index contributed by atoms with van der Waals surface area (Å²) in [4.78, 5) is 48.1. The second-order valence-corrected chi connectivity index (χ2v) is 7.23. The SMILES string of the molecule is C=C(C)C(=O)OCCOCCCC(=O)OCCOC(=O)c1ccccc1C(=O)c1ccccc1. The van der Waals surface area contributed by atoms with Crippen LogP contribution >= 0.6 is 0 Å². The molecule has 0 fully saturated rings. The molecule has 180 valence electrons. The van der Waals surface area contributed by atoms with Crippen LogP contribution in [0.15, 0.2) is 66.7 Å². The highest BCUT2D eigenvalue weighted by Gasteiger charge is 2.19. The van der Waals surface area contributed by atoms with Crippen LogP contribution in [0.2, 0.25) is 0 Å². The maximum atomic E-state index is 12.7. The number of rotatable bonds is 14. The lowest BCUT2D eigenvalue weighted by Gasteiger charge is -2.10. The molecule has 8 nitrogen and oxygen atoms in total. The summed E-state index contributed by atoms with van der Waals surface area (Å²) < 4.78 is 20.4. The quantitative estimate of drug-likeness (QED) is 0.136. The smallest absolute Gasteiger partial charge is 0.339 e. The molecular weight excluding hydrogens is 440 g/mol. The summed E-state index contributed by atoms with van der Waals surface area (Å²) in [5.74, 6) is -1.88. The first-order valence-corrected chi connectivity index (χ1v) is 10.8. The number of esters is 3. The van der Waals surface area contributed by atoms with E-state index in [-0.39, 0.29) is 49.8 Å². The van der Waals surface area contributed by atoms with Crippen molar-refractivity contribution in [3.05, 3.63) is 83.4 Å². The van der Waals surface area contributed by atoms with Crippen LogP contribution in [0.25, 0.3) is 0 Å². The highest BCUT2D eigenvalue weighted by atomic mass is 16.6. The van der Waals surface area contributed by atoms with Gasteiger partial charge in [-0.15, -0.1) is 0 Å². The third kappa shape index (κ3) is 8.99. The van der Waals surface area contributed by atoms with Crippen LogP contribution in [0.4, 0.5) is 0 Å². The van der Waals surface area contributed by atoms with Gasteiger partial charge in [-0.2, -0.15) is 0 Å². The van der Waals surface area contributed by atoms with Crippen LogP contribution in [0.5, 0.6) is 0 Å². The Morgan fingerprint density at radius 3 is 2.06 bits per heavy atom. The van der Waals surface area contributed by atoms with Crippen LogP contribution in [-0.2, 0) is 28.5 Å². The first kappa shape index (κ1) is 26.5. The Kier molecular flexibility index (Phi) is 11.2. The van der Waals surface area contributed by atoms with Gasteiger partial charge in [0.2, 0.25) is 0 Å². The van der Waals surface area contributed by atoms with Gasteiger partial charge in [0.25, 0.3) is 0 Å². The average molecular weight is 469 g/mol. The summed E-state index contributed by atoms with van der Waals surface area (Å²) in [5.41, 5.74) is 1.17. The molecule has 34 heavy (non-hydrogen) atoms. The van der Waals surface area contributed by atoms with E-state index in [1.54, 1.807) is 55.5 Å². The van der Waals surface area contributed by atoms with E-state index in [0.717, 1.165) is 0 Å². The molecule has 0 aliphatic carbocycles. The second kappa shape index (κ2) is 14.4. The molecule has 0 N–H and O–H groups in total. The van der Waals surface area contributed by atoms with E-state index in [4.69, 9.17) is 18.9 Å². The van der Waals surface area contributed by atoms with E-state index in [1.807, 2.05) is 0 Å². The Labute approximate surface area is 198 Å². The molecule has 0 aliphatic rings. The molecule has 0 aromatic heterocycles. The molecule has 0 amide bonds. The second-order valence-electron chi connectivity index (χ2n) is 7.23. The Bertz CT molecular complexity index is 997. The Morgan fingerprint density at radius 1 is 0.735 bits per heavy atom. The minimum atomic E-state index is -0.670. The zero-order valence-corrected chi connectivity index (χ0v) is 19.1. The van der Waals surface area contributed by atoms with E-state index in [2.05, 4.69) is 6.58 Å². The fourth-order valence-corrected chi connectivity index (χ4v) is 2.78. The Hall–Kier alpha value is -3.78. The fourth-order valence-electron chi connectivity index (χ4n) is 2.78. The van der Waals surface area contributed by atoms with Crippen LogP contribution in [-0.4, -0.2) is 56.7 Å². The number of carbonyl (C=O) groups is 4. The van der Waals surface area contributed by atoms with Crippen molar-refractivity contribution in [3.63, 3.8) is 0 Å². The first-order chi connectivity index (χ1) is 16.4. The van der Waals surface area contributed by atoms with Crippen molar-refractivity contribution in [2.75, 3.05) is 33.0 Å². The third-order valence-electron chi connectivity index (χ3n) is 4.49. The van der Waals surface area contributed by atoms with Gasteiger partial charge in [0.1, 0.15) is 19.8 Å². The average Bonchev–Trinajstić information content (AvgIpc) is 2.85. The first-order valence-electron chi connectivity index (χ1n) is 10.8. The van der Waals surface area contributed by atoms with E-state index >= 15 is 0 Å². The summed E-state index contributed by atoms with van der Waals surface area (Å²) in [7, 11) is 0. The van der Waals surface area contributed by atoms with Gasteiger partial charge in [-0.05, 0) is 19.4 Å². The maximum absolute atomic E-state index is 12.7. The molecule has 0 radical (unpaired) electrons. The molecular formula is C26H28O8. The van der Waals surface area contributed by atoms with Gasteiger partial charge in [-0.1, -0.05) is 55.1 Å². The standard InChI is InChI=1S/C26H28O8/c1-19(2)25(29)33-16-15-31-14-8-13-23(27)32-17-18-34-26(30)22-12-7-6-11-21(22)24(28)20-9-4-3-5-10-20/h3-7,9-12H,1,8,13-18H2,2H3. The summed E-state index contributed by atoms with van der Waals surface area (Å²) in [5, 5.41) is 0. The van der Waals surface area contributed by atoms with Crippen LogP contribution in [0.1, 0.15) is 46.0 Å². The van der Waals surface area contributed by atoms with Gasteiger partial charge < -0.3 is 18.9 Å². The molecule has 0 aliphatic heterocycles. The van der Waals surface area contributed by atoms with Crippen molar-refractivity contribution in [1.82, 2.24) is 0 Å². The third-order valence-corrected chi connectivity index (χ3v) is 4.49. The van der Waals surface area contributed by atoms with Gasteiger partial charge in [0.15, 0.2) is 5.78 Å². The zero-order valence-electron chi connectivity index (χ0n) is 19.1. The van der Waals surface area contributed by atoms with E-state index in [1.165, 1.54) is 6.07 Å². The van der Waals surface area contributed by atoms with Crippen molar-refractivity contribution in [1.29, 1.82) is 0 Å². The summed E-state index contributed by atoms with van der Waals surface area (Å²) >= 11 is 0. The highest BCUT2D eigenvalue weighted by Crippen LogP contribution is 2.16. The summed E-state index contributed by atoms with van der Waals surface area (Å²) in [6, 6.07) is 15.0. The number of hydrogen-bond donors (Lipinski definition) is 0. The lowest BCUT2D eigenvalue weighted by Crippen LogP contribution is -2.17. The van der Waals surface area contributed by atoms with Crippen LogP contribution < -0.4 is 0 Å². The monoisotopic (exact) mass is 468 g/mol. The number of ketones is 1. The molecule has 2 rings (SSSR count). The van der Waals surface area contributed by atoms with Crippen molar-refractivity contribution in [2.45, 2.75) is 19.8 Å². The molecule has 8 heteroatoms. The molecule has 0 bridgehead atoms.